The first-order chi connectivity index (χ1) is 13.8. The fourth-order valence-electron chi connectivity index (χ4n) is 3.50. The van der Waals surface area contributed by atoms with Crippen LogP contribution in [0.1, 0.15) is 41.5 Å². The Morgan fingerprint density at radius 3 is 2.72 bits per heavy atom. The van der Waals surface area contributed by atoms with E-state index in [4.69, 9.17) is 4.52 Å². The Morgan fingerprint density at radius 2 is 1.97 bits per heavy atom. The number of alkyl halides is 3. The minimum absolute atomic E-state index is 0.0512. The van der Waals surface area contributed by atoms with Crippen molar-refractivity contribution < 1.29 is 22.5 Å². The molecule has 0 saturated carbocycles. The van der Waals surface area contributed by atoms with Gasteiger partial charge in [-0.25, -0.2) is 0 Å². The Kier molecular flexibility index (Phi) is 4.86. The van der Waals surface area contributed by atoms with Crippen LogP contribution in [-0.2, 0) is 17.5 Å². The summed E-state index contributed by atoms with van der Waals surface area (Å²) in [5, 5.41) is 4.01. The van der Waals surface area contributed by atoms with Crippen molar-refractivity contribution in [2.45, 2.75) is 38.5 Å². The molecule has 5 nitrogen and oxygen atoms in total. The lowest BCUT2D eigenvalue weighted by atomic mass is 10.1. The summed E-state index contributed by atoms with van der Waals surface area (Å²) in [4.78, 5) is 18.3. The van der Waals surface area contributed by atoms with Gasteiger partial charge in [-0.1, -0.05) is 41.1 Å². The quantitative estimate of drug-likeness (QED) is 0.622. The van der Waals surface area contributed by atoms with Crippen LogP contribution in [0.15, 0.2) is 53.1 Å². The monoisotopic (exact) mass is 401 g/mol. The Bertz CT molecular complexity index is 1050. The van der Waals surface area contributed by atoms with Crippen molar-refractivity contribution in [3.63, 3.8) is 0 Å². The standard InChI is InChI=1S/C21H18F3N3O2/c1-13-4-2-6-15(10-13)19-25-20(29-26-19)17-8-9-18(28)27(17)12-14-5-3-7-16(11-14)21(22,23)24/h2-7,10-11,17H,8-9,12H2,1H3. The molecule has 0 N–H and O–H groups in total. The van der Waals surface area contributed by atoms with E-state index in [1.807, 2.05) is 31.2 Å². The molecule has 1 amide bonds. The van der Waals surface area contributed by atoms with E-state index in [9.17, 15) is 18.0 Å². The van der Waals surface area contributed by atoms with Crippen LogP contribution in [-0.4, -0.2) is 20.9 Å². The van der Waals surface area contributed by atoms with E-state index in [1.54, 1.807) is 6.07 Å². The average molecular weight is 401 g/mol. The van der Waals surface area contributed by atoms with Gasteiger partial charge >= 0.3 is 6.18 Å². The zero-order chi connectivity index (χ0) is 20.6. The summed E-state index contributed by atoms with van der Waals surface area (Å²) in [6.07, 6.45) is -3.67. The van der Waals surface area contributed by atoms with Crippen molar-refractivity contribution in [1.29, 1.82) is 0 Å². The highest BCUT2D eigenvalue weighted by Crippen LogP contribution is 2.35. The molecule has 3 aromatic rings. The van der Waals surface area contributed by atoms with Crippen molar-refractivity contribution in [3.8, 4) is 11.4 Å². The molecule has 1 fully saturated rings. The topological polar surface area (TPSA) is 59.2 Å². The molecule has 4 rings (SSSR count). The number of aromatic nitrogens is 2. The van der Waals surface area contributed by atoms with Crippen LogP contribution in [0.5, 0.6) is 0 Å². The SMILES string of the molecule is Cc1cccc(-c2noc(C3CCC(=O)N3Cc3cccc(C(F)(F)F)c3)n2)c1. The number of nitrogens with zero attached hydrogens (tertiary/aromatic N) is 3. The Labute approximate surface area is 165 Å². The van der Waals surface area contributed by atoms with E-state index in [1.165, 1.54) is 11.0 Å². The maximum atomic E-state index is 13.0. The summed E-state index contributed by atoms with van der Waals surface area (Å²) >= 11 is 0. The van der Waals surface area contributed by atoms with Crippen LogP contribution in [0.3, 0.4) is 0 Å². The highest BCUT2D eigenvalue weighted by Gasteiger charge is 2.36. The average Bonchev–Trinajstić information content (AvgIpc) is 3.29. The lowest BCUT2D eigenvalue weighted by molar-refractivity contribution is -0.137. The van der Waals surface area contributed by atoms with E-state index in [-0.39, 0.29) is 18.9 Å². The first-order valence-corrected chi connectivity index (χ1v) is 9.17. The first-order valence-electron chi connectivity index (χ1n) is 9.17. The van der Waals surface area contributed by atoms with Crippen molar-refractivity contribution in [1.82, 2.24) is 15.0 Å². The van der Waals surface area contributed by atoms with Crippen LogP contribution < -0.4 is 0 Å². The molecule has 0 bridgehead atoms. The normalized spacial score (nSPS) is 17.2. The van der Waals surface area contributed by atoms with Gasteiger partial charge < -0.3 is 9.42 Å². The summed E-state index contributed by atoms with van der Waals surface area (Å²) in [6, 6.07) is 12.2. The molecule has 1 unspecified atom stereocenters. The molecule has 8 heteroatoms. The molecule has 1 aliphatic rings. The fourth-order valence-corrected chi connectivity index (χ4v) is 3.50. The molecule has 29 heavy (non-hydrogen) atoms. The minimum atomic E-state index is -4.43. The van der Waals surface area contributed by atoms with Gasteiger partial charge in [-0.15, -0.1) is 0 Å². The number of rotatable bonds is 4. The molecule has 1 aliphatic heterocycles. The van der Waals surface area contributed by atoms with E-state index >= 15 is 0 Å². The van der Waals surface area contributed by atoms with Crippen LogP contribution in [0, 0.1) is 6.92 Å². The van der Waals surface area contributed by atoms with Crippen LogP contribution in [0.25, 0.3) is 11.4 Å². The molecule has 0 spiro atoms. The number of carbonyl (C=O) groups is 1. The number of halogens is 3. The van der Waals surface area contributed by atoms with E-state index < -0.39 is 17.8 Å². The molecule has 150 valence electrons. The number of benzene rings is 2. The molecule has 2 aromatic carbocycles. The second-order valence-electron chi connectivity index (χ2n) is 7.10. The number of hydrogen-bond donors (Lipinski definition) is 0. The lowest BCUT2D eigenvalue weighted by Crippen LogP contribution is -2.27. The second kappa shape index (κ2) is 7.35. The van der Waals surface area contributed by atoms with E-state index in [0.717, 1.165) is 23.3 Å². The third kappa shape index (κ3) is 4.01. The van der Waals surface area contributed by atoms with Gasteiger partial charge in [0.2, 0.25) is 17.6 Å². The van der Waals surface area contributed by atoms with Crippen molar-refractivity contribution in [3.05, 3.63) is 71.1 Å². The summed E-state index contributed by atoms with van der Waals surface area (Å²) in [5.41, 5.74) is 1.51. The molecular formula is C21H18F3N3O2. The number of hydrogen-bond acceptors (Lipinski definition) is 4. The minimum Gasteiger partial charge on any atom is -0.337 e. The molecule has 0 radical (unpaired) electrons. The lowest BCUT2D eigenvalue weighted by Gasteiger charge is -2.22. The third-order valence-electron chi connectivity index (χ3n) is 4.94. The molecule has 0 aliphatic carbocycles. The molecule has 1 saturated heterocycles. The van der Waals surface area contributed by atoms with Gasteiger partial charge in [-0.05, 0) is 37.1 Å². The Hall–Kier alpha value is -3.16. The van der Waals surface area contributed by atoms with Gasteiger partial charge in [0.05, 0.1) is 5.56 Å². The maximum absolute atomic E-state index is 13.0. The number of likely N-dealkylation sites (tertiary alicyclic amines) is 1. The van der Waals surface area contributed by atoms with Crippen LogP contribution in [0.4, 0.5) is 13.2 Å². The number of aryl methyl sites for hydroxylation is 1. The third-order valence-corrected chi connectivity index (χ3v) is 4.94. The van der Waals surface area contributed by atoms with Gasteiger partial charge in [-0.2, -0.15) is 18.2 Å². The smallest absolute Gasteiger partial charge is 0.337 e. The van der Waals surface area contributed by atoms with Gasteiger partial charge in [-0.3, -0.25) is 4.79 Å². The fraction of sp³-hybridized carbons (Fsp3) is 0.286. The Morgan fingerprint density at radius 1 is 1.17 bits per heavy atom. The second-order valence-corrected chi connectivity index (χ2v) is 7.10. The molecule has 1 atom stereocenters. The van der Waals surface area contributed by atoms with Crippen LogP contribution >= 0.6 is 0 Å². The number of amides is 1. The molecule has 2 heterocycles. The summed E-state index contributed by atoms with van der Waals surface area (Å²) < 4.78 is 44.3. The first kappa shape index (κ1) is 19.2. The largest absolute Gasteiger partial charge is 0.416 e. The molecule has 1 aromatic heterocycles. The summed E-state index contributed by atoms with van der Waals surface area (Å²) in [6.45, 7) is 2.01. The zero-order valence-electron chi connectivity index (χ0n) is 15.6. The summed E-state index contributed by atoms with van der Waals surface area (Å²) in [5.74, 6) is 0.559. The molecular weight excluding hydrogens is 383 g/mol. The zero-order valence-corrected chi connectivity index (χ0v) is 15.6. The predicted octanol–water partition coefficient (Wildman–Crippen LogP) is 4.93. The van der Waals surface area contributed by atoms with Gasteiger partial charge in [0.25, 0.3) is 0 Å². The summed E-state index contributed by atoms with van der Waals surface area (Å²) in [7, 11) is 0. The highest BCUT2D eigenvalue weighted by molar-refractivity contribution is 5.78. The van der Waals surface area contributed by atoms with E-state index in [0.29, 0.717) is 23.7 Å². The van der Waals surface area contributed by atoms with E-state index in [2.05, 4.69) is 10.1 Å². The van der Waals surface area contributed by atoms with Crippen LogP contribution in [0.2, 0.25) is 0 Å². The van der Waals surface area contributed by atoms with Gasteiger partial charge in [0.1, 0.15) is 6.04 Å². The predicted molar refractivity (Wildman–Crippen MR) is 98.4 cm³/mol. The Balaban J connectivity index is 1.58. The van der Waals surface area contributed by atoms with Crippen molar-refractivity contribution in [2.24, 2.45) is 0 Å². The van der Waals surface area contributed by atoms with Gasteiger partial charge in [0.15, 0.2) is 0 Å². The van der Waals surface area contributed by atoms with Crippen molar-refractivity contribution >= 4 is 5.91 Å². The van der Waals surface area contributed by atoms with Crippen molar-refractivity contribution in [2.75, 3.05) is 0 Å². The van der Waals surface area contributed by atoms with Gasteiger partial charge in [0, 0.05) is 18.5 Å². The maximum Gasteiger partial charge on any atom is 0.416 e. The number of carbonyl (C=O) groups excluding carboxylic acids is 1. The highest BCUT2D eigenvalue weighted by atomic mass is 19.4.